The molecule has 1 atom stereocenters. The zero-order chi connectivity index (χ0) is 16.1. The number of aryl methyl sites for hydroxylation is 2. The summed E-state index contributed by atoms with van der Waals surface area (Å²) in [5.41, 5.74) is 3.92. The van der Waals surface area contributed by atoms with Crippen molar-refractivity contribution >= 4 is 17.3 Å². The Bertz CT molecular complexity index is 668. The third-order valence-corrected chi connectivity index (χ3v) is 3.52. The van der Waals surface area contributed by atoms with Crippen LogP contribution in [0.15, 0.2) is 42.5 Å². The van der Waals surface area contributed by atoms with E-state index >= 15 is 0 Å². The molecule has 22 heavy (non-hydrogen) atoms. The molecule has 1 amide bonds. The first-order chi connectivity index (χ1) is 10.5. The van der Waals surface area contributed by atoms with Gasteiger partial charge in [-0.1, -0.05) is 24.3 Å². The largest absolute Gasteiger partial charge is 0.495 e. The lowest BCUT2D eigenvalue weighted by molar-refractivity contribution is -0.116. The Kier molecular flexibility index (Phi) is 5.04. The fourth-order valence-corrected chi connectivity index (χ4v) is 2.18. The van der Waals surface area contributed by atoms with Crippen LogP contribution in [0, 0.1) is 13.8 Å². The Morgan fingerprint density at radius 1 is 1.09 bits per heavy atom. The van der Waals surface area contributed by atoms with Crippen LogP contribution < -0.4 is 15.4 Å². The molecule has 2 aromatic rings. The topological polar surface area (TPSA) is 50.4 Å². The van der Waals surface area contributed by atoms with Crippen molar-refractivity contribution in [2.24, 2.45) is 0 Å². The average Bonchev–Trinajstić information content (AvgIpc) is 2.51. The molecule has 0 fully saturated rings. The van der Waals surface area contributed by atoms with Gasteiger partial charge in [-0.2, -0.15) is 0 Å². The Balaban J connectivity index is 2.07. The first-order valence-electron chi connectivity index (χ1n) is 7.29. The van der Waals surface area contributed by atoms with E-state index in [0.29, 0.717) is 11.4 Å². The minimum Gasteiger partial charge on any atom is -0.495 e. The van der Waals surface area contributed by atoms with Crippen LogP contribution in [-0.2, 0) is 4.79 Å². The molecule has 0 aliphatic heterocycles. The maximum Gasteiger partial charge on any atom is 0.246 e. The fourth-order valence-electron chi connectivity index (χ4n) is 2.18. The molecule has 0 spiro atoms. The molecule has 0 aliphatic rings. The molecule has 0 aromatic heterocycles. The second-order valence-electron chi connectivity index (χ2n) is 5.37. The summed E-state index contributed by atoms with van der Waals surface area (Å²) in [6, 6.07) is 13.2. The second kappa shape index (κ2) is 6.98. The van der Waals surface area contributed by atoms with Gasteiger partial charge >= 0.3 is 0 Å². The summed E-state index contributed by atoms with van der Waals surface area (Å²) in [6.07, 6.45) is 0. The Morgan fingerprint density at radius 3 is 2.55 bits per heavy atom. The highest BCUT2D eigenvalue weighted by Gasteiger charge is 2.15. The third kappa shape index (κ3) is 3.79. The van der Waals surface area contributed by atoms with Crippen LogP contribution in [0.1, 0.15) is 18.1 Å². The van der Waals surface area contributed by atoms with Gasteiger partial charge < -0.3 is 15.4 Å². The summed E-state index contributed by atoms with van der Waals surface area (Å²) < 4.78 is 5.24. The van der Waals surface area contributed by atoms with E-state index in [1.165, 1.54) is 0 Å². The van der Waals surface area contributed by atoms with Crippen molar-refractivity contribution < 1.29 is 9.53 Å². The molecule has 0 saturated heterocycles. The number of para-hydroxylation sites is 2. The molecule has 0 radical (unpaired) electrons. The SMILES string of the molecule is COc1ccccc1NC(=O)[C@@H](C)Nc1cc(C)ccc1C. The van der Waals surface area contributed by atoms with Gasteiger partial charge in [0.1, 0.15) is 11.8 Å². The second-order valence-corrected chi connectivity index (χ2v) is 5.37. The maximum atomic E-state index is 12.4. The minimum atomic E-state index is -0.356. The number of carbonyl (C=O) groups excluding carboxylic acids is 1. The van der Waals surface area contributed by atoms with Crippen molar-refractivity contribution in [3.05, 3.63) is 53.6 Å². The van der Waals surface area contributed by atoms with E-state index in [-0.39, 0.29) is 11.9 Å². The molecule has 0 unspecified atom stereocenters. The summed E-state index contributed by atoms with van der Waals surface area (Å²) in [5, 5.41) is 6.14. The first kappa shape index (κ1) is 15.9. The highest BCUT2D eigenvalue weighted by atomic mass is 16.5. The number of nitrogens with one attached hydrogen (secondary N) is 2. The van der Waals surface area contributed by atoms with E-state index in [1.54, 1.807) is 7.11 Å². The van der Waals surface area contributed by atoms with E-state index in [1.807, 2.05) is 57.2 Å². The van der Waals surface area contributed by atoms with Gasteiger partial charge in [0, 0.05) is 5.69 Å². The van der Waals surface area contributed by atoms with Crippen LogP contribution in [-0.4, -0.2) is 19.1 Å². The van der Waals surface area contributed by atoms with Gasteiger partial charge in [0.25, 0.3) is 0 Å². The number of hydrogen-bond donors (Lipinski definition) is 2. The summed E-state index contributed by atoms with van der Waals surface area (Å²) in [4.78, 5) is 12.4. The highest BCUT2D eigenvalue weighted by Crippen LogP contribution is 2.23. The van der Waals surface area contributed by atoms with Crippen molar-refractivity contribution in [2.45, 2.75) is 26.8 Å². The predicted octanol–water partition coefficient (Wildman–Crippen LogP) is 3.75. The highest BCUT2D eigenvalue weighted by molar-refractivity contribution is 5.97. The molecule has 116 valence electrons. The monoisotopic (exact) mass is 298 g/mol. The van der Waals surface area contributed by atoms with Gasteiger partial charge in [-0.3, -0.25) is 4.79 Å². The fraction of sp³-hybridized carbons (Fsp3) is 0.278. The summed E-state index contributed by atoms with van der Waals surface area (Å²) in [7, 11) is 1.59. The van der Waals surface area contributed by atoms with Crippen LogP contribution in [0.5, 0.6) is 5.75 Å². The lowest BCUT2D eigenvalue weighted by atomic mass is 10.1. The lowest BCUT2D eigenvalue weighted by Gasteiger charge is -2.18. The number of carbonyl (C=O) groups is 1. The van der Waals surface area contributed by atoms with E-state index in [0.717, 1.165) is 16.8 Å². The zero-order valence-electron chi connectivity index (χ0n) is 13.4. The smallest absolute Gasteiger partial charge is 0.246 e. The number of amides is 1. The molecule has 0 bridgehead atoms. The number of ether oxygens (including phenoxy) is 1. The van der Waals surface area contributed by atoms with E-state index in [4.69, 9.17) is 4.74 Å². The minimum absolute atomic E-state index is 0.106. The molecule has 4 heteroatoms. The van der Waals surface area contributed by atoms with Crippen LogP contribution in [0.25, 0.3) is 0 Å². The van der Waals surface area contributed by atoms with E-state index in [9.17, 15) is 4.79 Å². The number of methoxy groups -OCH3 is 1. The number of rotatable bonds is 5. The number of hydrogen-bond acceptors (Lipinski definition) is 3. The van der Waals surface area contributed by atoms with E-state index < -0.39 is 0 Å². The molecule has 2 N–H and O–H groups in total. The molecule has 2 rings (SSSR count). The molecule has 2 aromatic carbocycles. The van der Waals surface area contributed by atoms with Crippen LogP contribution >= 0.6 is 0 Å². The molecular weight excluding hydrogens is 276 g/mol. The molecular formula is C18H22N2O2. The van der Waals surface area contributed by atoms with Gasteiger partial charge in [-0.15, -0.1) is 0 Å². The van der Waals surface area contributed by atoms with Gasteiger partial charge in [0.05, 0.1) is 12.8 Å². The first-order valence-corrected chi connectivity index (χ1v) is 7.29. The van der Waals surface area contributed by atoms with Gasteiger partial charge in [-0.25, -0.2) is 0 Å². The summed E-state index contributed by atoms with van der Waals surface area (Å²) in [6.45, 7) is 5.89. The quantitative estimate of drug-likeness (QED) is 0.884. The maximum absolute atomic E-state index is 12.4. The summed E-state index contributed by atoms with van der Waals surface area (Å²) >= 11 is 0. The molecule has 4 nitrogen and oxygen atoms in total. The Labute approximate surface area is 131 Å². The van der Waals surface area contributed by atoms with E-state index in [2.05, 4.69) is 16.7 Å². The summed E-state index contributed by atoms with van der Waals surface area (Å²) in [5.74, 6) is 0.542. The average molecular weight is 298 g/mol. The van der Waals surface area contributed by atoms with Crippen LogP contribution in [0.4, 0.5) is 11.4 Å². The Hall–Kier alpha value is -2.49. The lowest BCUT2D eigenvalue weighted by Crippen LogP contribution is -2.32. The van der Waals surface area contributed by atoms with Crippen molar-refractivity contribution in [1.29, 1.82) is 0 Å². The van der Waals surface area contributed by atoms with Crippen molar-refractivity contribution in [3.8, 4) is 5.75 Å². The van der Waals surface area contributed by atoms with Gasteiger partial charge in [-0.05, 0) is 50.1 Å². The van der Waals surface area contributed by atoms with Crippen LogP contribution in [0.3, 0.4) is 0 Å². The Morgan fingerprint density at radius 2 is 1.82 bits per heavy atom. The standard InChI is InChI=1S/C18H22N2O2/c1-12-9-10-13(2)16(11-12)19-14(3)18(21)20-15-7-5-6-8-17(15)22-4/h5-11,14,19H,1-4H3,(H,20,21)/t14-/m1/s1. The van der Waals surface area contributed by atoms with Gasteiger partial charge in [0.15, 0.2) is 0 Å². The zero-order valence-corrected chi connectivity index (χ0v) is 13.4. The van der Waals surface area contributed by atoms with Crippen LogP contribution in [0.2, 0.25) is 0 Å². The van der Waals surface area contributed by atoms with Crippen molar-refractivity contribution in [3.63, 3.8) is 0 Å². The predicted molar refractivity (Wildman–Crippen MR) is 90.6 cm³/mol. The third-order valence-electron chi connectivity index (χ3n) is 3.52. The van der Waals surface area contributed by atoms with Crippen molar-refractivity contribution in [2.75, 3.05) is 17.7 Å². The molecule has 0 saturated carbocycles. The van der Waals surface area contributed by atoms with Gasteiger partial charge in [0.2, 0.25) is 5.91 Å². The normalized spacial score (nSPS) is 11.6. The number of benzene rings is 2. The molecule has 0 heterocycles. The molecule has 0 aliphatic carbocycles. The van der Waals surface area contributed by atoms with Crippen molar-refractivity contribution in [1.82, 2.24) is 0 Å². The number of anilines is 2.